The Labute approximate surface area is 138 Å². The summed E-state index contributed by atoms with van der Waals surface area (Å²) in [6.45, 7) is 3.54. The van der Waals surface area contributed by atoms with Crippen molar-refractivity contribution in [2.75, 3.05) is 7.11 Å². The maximum Gasteiger partial charge on any atom is 0.338 e. The number of nitrogens with zero attached hydrogens (tertiary/aromatic N) is 2. The first-order valence-electron chi connectivity index (χ1n) is 7.28. The summed E-state index contributed by atoms with van der Waals surface area (Å²) in [5.74, 6) is 2.07. The number of furan rings is 1. The molecule has 0 saturated carbocycles. The van der Waals surface area contributed by atoms with Gasteiger partial charge in [-0.25, -0.2) is 4.79 Å². The molecule has 24 heavy (non-hydrogen) atoms. The molecule has 0 saturated heterocycles. The molecule has 0 unspecified atom stereocenters. The van der Waals surface area contributed by atoms with Crippen LogP contribution < -0.4 is 4.74 Å². The van der Waals surface area contributed by atoms with Crippen molar-refractivity contribution in [3.05, 3.63) is 53.3 Å². The minimum Gasteiger partial charge on any atom is -0.497 e. The Kier molecular flexibility index (Phi) is 4.33. The summed E-state index contributed by atoms with van der Waals surface area (Å²) in [6, 6.07) is 8.51. The van der Waals surface area contributed by atoms with Gasteiger partial charge in [0.1, 0.15) is 17.3 Å². The molecule has 0 atom stereocenters. The summed E-state index contributed by atoms with van der Waals surface area (Å²) in [5.41, 5.74) is 1.11. The summed E-state index contributed by atoms with van der Waals surface area (Å²) in [4.78, 5) is 12.0. The lowest BCUT2D eigenvalue weighted by atomic mass is 10.2. The van der Waals surface area contributed by atoms with Gasteiger partial charge in [0.15, 0.2) is 6.61 Å². The van der Waals surface area contributed by atoms with Crippen LogP contribution in [-0.4, -0.2) is 23.3 Å². The number of hydrogen-bond donors (Lipinski definition) is 0. The Morgan fingerprint density at radius 3 is 2.71 bits per heavy atom. The average molecular weight is 328 g/mol. The van der Waals surface area contributed by atoms with Gasteiger partial charge in [-0.05, 0) is 38.1 Å². The van der Waals surface area contributed by atoms with E-state index in [-0.39, 0.29) is 12.5 Å². The first-order valence-corrected chi connectivity index (χ1v) is 7.28. The van der Waals surface area contributed by atoms with E-state index in [1.165, 1.54) is 7.11 Å². The average Bonchev–Trinajstić information content (AvgIpc) is 3.18. The van der Waals surface area contributed by atoms with Crippen LogP contribution in [0.15, 0.2) is 39.2 Å². The molecule has 0 bridgehead atoms. The first-order chi connectivity index (χ1) is 11.6. The molecule has 0 aliphatic rings. The highest BCUT2D eigenvalue weighted by atomic mass is 16.5. The molecule has 0 aliphatic heterocycles. The number of esters is 1. The highest BCUT2D eigenvalue weighted by molar-refractivity contribution is 5.89. The van der Waals surface area contributed by atoms with Crippen LogP contribution in [0, 0.1) is 13.8 Å². The molecule has 0 radical (unpaired) electrons. The molecular weight excluding hydrogens is 312 g/mol. The minimum absolute atomic E-state index is 0.112. The summed E-state index contributed by atoms with van der Waals surface area (Å²) >= 11 is 0. The van der Waals surface area contributed by atoms with Gasteiger partial charge in [-0.3, -0.25) is 0 Å². The molecule has 3 aromatic rings. The molecule has 0 N–H and O–H groups in total. The molecule has 0 fully saturated rings. The number of methoxy groups -OCH3 is 1. The zero-order valence-electron chi connectivity index (χ0n) is 13.5. The molecule has 1 aromatic carbocycles. The van der Waals surface area contributed by atoms with E-state index in [0.717, 1.165) is 11.3 Å². The molecule has 2 heterocycles. The highest BCUT2D eigenvalue weighted by Gasteiger charge is 2.16. The van der Waals surface area contributed by atoms with E-state index in [4.69, 9.17) is 18.3 Å². The van der Waals surface area contributed by atoms with Crippen molar-refractivity contribution in [3.63, 3.8) is 0 Å². The van der Waals surface area contributed by atoms with Crippen LogP contribution in [0.1, 0.15) is 27.8 Å². The van der Waals surface area contributed by atoms with E-state index in [1.54, 1.807) is 24.3 Å². The maximum atomic E-state index is 12.0. The smallest absolute Gasteiger partial charge is 0.338 e. The van der Waals surface area contributed by atoms with Crippen LogP contribution >= 0.6 is 0 Å². The van der Waals surface area contributed by atoms with E-state index in [0.29, 0.717) is 23.0 Å². The minimum atomic E-state index is -0.496. The lowest BCUT2D eigenvalue weighted by Gasteiger charge is -2.04. The van der Waals surface area contributed by atoms with Crippen LogP contribution in [0.4, 0.5) is 0 Å². The van der Waals surface area contributed by atoms with Crippen LogP contribution in [0.3, 0.4) is 0 Å². The fraction of sp³-hybridized carbons (Fsp3) is 0.235. The van der Waals surface area contributed by atoms with E-state index in [2.05, 4.69) is 10.2 Å². The van der Waals surface area contributed by atoms with Gasteiger partial charge in [0.25, 0.3) is 11.8 Å². The van der Waals surface area contributed by atoms with Gasteiger partial charge in [-0.2, -0.15) is 0 Å². The highest BCUT2D eigenvalue weighted by Crippen LogP contribution is 2.25. The lowest BCUT2D eigenvalue weighted by molar-refractivity contribution is 0.0438. The molecule has 2 aromatic heterocycles. The van der Waals surface area contributed by atoms with E-state index < -0.39 is 5.97 Å². The molecule has 3 rings (SSSR count). The molecule has 0 aliphatic carbocycles. The molecule has 0 amide bonds. The second kappa shape index (κ2) is 6.57. The zero-order chi connectivity index (χ0) is 17.1. The van der Waals surface area contributed by atoms with Gasteiger partial charge in [-0.15, -0.1) is 10.2 Å². The summed E-state index contributed by atoms with van der Waals surface area (Å²) in [7, 11) is 1.53. The van der Waals surface area contributed by atoms with E-state index >= 15 is 0 Å². The van der Waals surface area contributed by atoms with Gasteiger partial charge in [0, 0.05) is 0 Å². The Morgan fingerprint density at radius 1 is 1.17 bits per heavy atom. The lowest BCUT2D eigenvalue weighted by Crippen LogP contribution is -2.05. The van der Waals surface area contributed by atoms with Crippen LogP contribution in [-0.2, 0) is 11.3 Å². The number of rotatable bonds is 5. The zero-order valence-corrected chi connectivity index (χ0v) is 13.5. The Balaban J connectivity index is 1.67. The summed E-state index contributed by atoms with van der Waals surface area (Å²) in [6.07, 6.45) is 0. The molecule has 7 nitrogen and oxygen atoms in total. The third-order valence-corrected chi connectivity index (χ3v) is 3.37. The van der Waals surface area contributed by atoms with Crippen LogP contribution in [0.5, 0.6) is 5.75 Å². The SMILES string of the molecule is COc1cccc(C(=O)OCc2nnc(-c3cc(C)oc3C)o2)c1. The predicted molar refractivity (Wildman–Crippen MR) is 83.6 cm³/mol. The quantitative estimate of drug-likeness (QED) is 0.664. The maximum absolute atomic E-state index is 12.0. The normalized spacial score (nSPS) is 10.6. The number of aromatic nitrogens is 2. The second-order valence-electron chi connectivity index (χ2n) is 5.14. The van der Waals surface area contributed by atoms with Gasteiger partial charge < -0.3 is 18.3 Å². The van der Waals surface area contributed by atoms with Crippen LogP contribution in [0.25, 0.3) is 11.5 Å². The Hall–Kier alpha value is -3.09. The Bertz CT molecular complexity index is 866. The third-order valence-electron chi connectivity index (χ3n) is 3.37. The number of carbonyl (C=O) groups excluding carboxylic acids is 1. The van der Waals surface area contributed by atoms with Crippen molar-refractivity contribution in [2.45, 2.75) is 20.5 Å². The number of aryl methyl sites for hydroxylation is 2. The predicted octanol–water partition coefficient (Wildman–Crippen LogP) is 3.31. The number of ether oxygens (including phenoxy) is 2. The largest absolute Gasteiger partial charge is 0.497 e. The Morgan fingerprint density at radius 2 is 2.00 bits per heavy atom. The summed E-state index contributed by atoms with van der Waals surface area (Å²) in [5, 5.41) is 7.83. The molecule has 7 heteroatoms. The first kappa shape index (κ1) is 15.8. The van der Waals surface area contributed by atoms with Crippen molar-refractivity contribution >= 4 is 5.97 Å². The standard InChI is InChI=1S/C17H16N2O5/c1-10-7-14(11(2)23-10)16-19-18-15(24-16)9-22-17(20)12-5-4-6-13(8-12)21-3/h4-8H,9H2,1-3H3. The van der Waals surface area contributed by atoms with Gasteiger partial charge in [-0.1, -0.05) is 6.07 Å². The van der Waals surface area contributed by atoms with Gasteiger partial charge in [0.2, 0.25) is 0 Å². The van der Waals surface area contributed by atoms with Crippen molar-refractivity contribution in [2.24, 2.45) is 0 Å². The van der Waals surface area contributed by atoms with Gasteiger partial charge in [0.05, 0.1) is 18.2 Å². The van der Waals surface area contributed by atoms with Crippen molar-refractivity contribution in [1.82, 2.24) is 10.2 Å². The molecule has 0 spiro atoms. The summed E-state index contributed by atoms with van der Waals surface area (Å²) < 4.78 is 21.2. The third kappa shape index (κ3) is 3.29. The number of benzene rings is 1. The molecular formula is C17H16N2O5. The van der Waals surface area contributed by atoms with Crippen molar-refractivity contribution in [1.29, 1.82) is 0 Å². The van der Waals surface area contributed by atoms with Gasteiger partial charge >= 0.3 is 5.97 Å². The second-order valence-corrected chi connectivity index (χ2v) is 5.14. The van der Waals surface area contributed by atoms with E-state index in [9.17, 15) is 4.79 Å². The monoisotopic (exact) mass is 328 g/mol. The number of carbonyl (C=O) groups is 1. The van der Waals surface area contributed by atoms with Crippen LogP contribution in [0.2, 0.25) is 0 Å². The van der Waals surface area contributed by atoms with E-state index in [1.807, 2.05) is 19.9 Å². The van der Waals surface area contributed by atoms with Crippen molar-refractivity contribution in [3.8, 4) is 17.2 Å². The fourth-order valence-corrected chi connectivity index (χ4v) is 2.22. The fourth-order valence-electron chi connectivity index (χ4n) is 2.22. The topological polar surface area (TPSA) is 87.6 Å². The molecule has 124 valence electrons. The van der Waals surface area contributed by atoms with Crippen molar-refractivity contribution < 1.29 is 23.1 Å². The number of hydrogen-bond acceptors (Lipinski definition) is 7.